The molecule has 9 heteroatoms. The van der Waals surface area contributed by atoms with Crippen molar-refractivity contribution in [2.75, 3.05) is 0 Å². The van der Waals surface area contributed by atoms with Gasteiger partial charge in [0.2, 0.25) is 4.96 Å². The van der Waals surface area contributed by atoms with E-state index in [1.165, 1.54) is 4.52 Å². The van der Waals surface area contributed by atoms with Crippen molar-refractivity contribution in [1.29, 1.82) is 0 Å². The van der Waals surface area contributed by atoms with Gasteiger partial charge in [-0.05, 0) is 42.8 Å². The standard InChI is InChI=1S/C27H19N5O3S/c1-17-9-11-18(12-10-17)14-21-25(33)28-27-32(29-21)26(34)23(36-27)15-19-16-31(20-6-3-2-4-7-20)30-24(19)22-8-5-13-35-22/h2-13,15-16H,14H2,1H3/b23-15-. The number of furan rings is 1. The number of benzene rings is 2. The first-order chi connectivity index (χ1) is 17.5. The number of rotatable bonds is 5. The van der Waals surface area contributed by atoms with Gasteiger partial charge in [0.05, 0.1) is 16.5 Å². The van der Waals surface area contributed by atoms with Crippen LogP contribution in [0.1, 0.15) is 22.4 Å². The molecule has 0 saturated carbocycles. The molecule has 8 nitrogen and oxygen atoms in total. The lowest BCUT2D eigenvalue weighted by atomic mass is 10.1. The molecule has 4 aromatic heterocycles. The van der Waals surface area contributed by atoms with E-state index in [9.17, 15) is 9.59 Å². The third-order valence-corrected chi connectivity index (χ3v) is 6.71. The summed E-state index contributed by atoms with van der Waals surface area (Å²) >= 11 is 1.11. The molecular weight excluding hydrogens is 474 g/mol. The van der Waals surface area contributed by atoms with E-state index in [-0.39, 0.29) is 16.2 Å². The average Bonchev–Trinajstić information content (AvgIpc) is 3.62. The zero-order valence-corrected chi connectivity index (χ0v) is 20.0. The molecule has 6 aromatic rings. The van der Waals surface area contributed by atoms with Crippen LogP contribution in [0, 0.1) is 6.92 Å². The molecule has 4 heterocycles. The molecule has 6 rings (SSSR count). The van der Waals surface area contributed by atoms with Gasteiger partial charge in [0.1, 0.15) is 11.4 Å². The first-order valence-electron chi connectivity index (χ1n) is 11.2. The van der Waals surface area contributed by atoms with E-state index in [1.54, 1.807) is 23.1 Å². The first kappa shape index (κ1) is 21.9. The van der Waals surface area contributed by atoms with Crippen molar-refractivity contribution in [3.8, 4) is 17.1 Å². The molecular formula is C27H19N5O3S. The summed E-state index contributed by atoms with van der Waals surface area (Å²) in [4.78, 5) is 30.3. The van der Waals surface area contributed by atoms with E-state index in [0.29, 0.717) is 28.0 Å². The maximum Gasteiger partial charge on any atom is 0.296 e. The Morgan fingerprint density at radius 3 is 2.53 bits per heavy atom. The van der Waals surface area contributed by atoms with Crippen molar-refractivity contribution in [1.82, 2.24) is 24.4 Å². The van der Waals surface area contributed by atoms with E-state index >= 15 is 0 Å². The fourth-order valence-electron chi connectivity index (χ4n) is 3.90. The predicted molar refractivity (Wildman–Crippen MR) is 137 cm³/mol. The summed E-state index contributed by atoms with van der Waals surface area (Å²) in [5.41, 5.74) is 3.67. The predicted octanol–water partition coefficient (Wildman–Crippen LogP) is 3.40. The highest BCUT2D eigenvalue weighted by atomic mass is 32.1. The molecule has 2 aromatic carbocycles. The van der Waals surface area contributed by atoms with Gasteiger partial charge in [-0.1, -0.05) is 59.4 Å². The quantitative estimate of drug-likeness (QED) is 0.365. The average molecular weight is 494 g/mol. The van der Waals surface area contributed by atoms with E-state index in [2.05, 4.69) is 10.1 Å². The van der Waals surface area contributed by atoms with Crippen molar-refractivity contribution >= 4 is 22.4 Å². The topological polar surface area (TPSA) is 95.3 Å². The SMILES string of the molecule is Cc1ccc(Cc2nn3c(=O)/c(=C/c4cn(-c5ccccc5)nc4-c4ccco4)sc3nc2=O)cc1. The largest absolute Gasteiger partial charge is 0.463 e. The van der Waals surface area contributed by atoms with Gasteiger partial charge in [0, 0.05) is 18.2 Å². The minimum atomic E-state index is -0.434. The number of thiazole rings is 1. The molecule has 0 spiro atoms. The Kier molecular flexibility index (Phi) is 5.38. The van der Waals surface area contributed by atoms with Gasteiger partial charge in [0.15, 0.2) is 5.76 Å². The van der Waals surface area contributed by atoms with E-state index in [4.69, 9.17) is 9.52 Å². The second-order valence-corrected chi connectivity index (χ2v) is 9.34. The molecule has 36 heavy (non-hydrogen) atoms. The molecule has 0 radical (unpaired) electrons. The molecule has 0 amide bonds. The Hall–Kier alpha value is -4.63. The number of aryl methyl sites for hydroxylation is 1. The zero-order chi connectivity index (χ0) is 24.6. The Balaban J connectivity index is 1.47. The van der Waals surface area contributed by atoms with Crippen molar-refractivity contribution in [2.45, 2.75) is 13.3 Å². The zero-order valence-electron chi connectivity index (χ0n) is 19.2. The summed E-state index contributed by atoms with van der Waals surface area (Å²) in [6.45, 7) is 2.00. The Morgan fingerprint density at radius 2 is 1.78 bits per heavy atom. The number of aromatic nitrogens is 5. The molecule has 0 bridgehead atoms. The molecule has 0 aliphatic rings. The number of para-hydroxylation sites is 1. The molecule has 0 aliphatic heterocycles. The fraction of sp³-hybridized carbons (Fsp3) is 0.0741. The Labute approximate surface area is 208 Å². The van der Waals surface area contributed by atoms with E-state index in [0.717, 1.165) is 28.2 Å². The van der Waals surface area contributed by atoms with Crippen LogP contribution in [0.5, 0.6) is 0 Å². The summed E-state index contributed by atoms with van der Waals surface area (Å²) in [7, 11) is 0. The highest BCUT2D eigenvalue weighted by Gasteiger charge is 2.16. The highest BCUT2D eigenvalue weighted by Crippen LogP contribution is 2.24. The van der Waals surface area contributed by atoms with Gasteiger partial charge in [-0.25, -0.2) is 4.68 Å². The number of hydrogen-bond donors (Lipinski definition) is 0. The third kappa shape index (κ3) is 4.05. The van der Waals surface area contributed by atoms with Crippen LogP contribution in [0.25, 0.3) is 28.2 Å². The van der Waals surface area contributed by atoms with Gasteiger partial charge in [-0.15, -0.1) is 0 Å². The van der Waals surface area contributed by atoms with Crippen LogP contribution in [-0.4, -0.2) is 24.4 Å². The van der Waals surface area contributed by atoms with Crippen molar-refractivity contribution in [3.63, 3.8) is 0 Å². The van der Waals surface area contributed by atoms with Crippen molar-refractivity contribution < 1.29 is 4.42 Å². The summed E-state index contributed by atoms with van der Waals surface area (Å²) < 4.78 is 8.92. The molecule has 0 fully saturated rings. The molecule has 0 N–H and O–H groups in total. The third-order valence-electron chi connectivity index (χ3n) is 5.75. The monoisotopic (exact) mass is 493 g/mol. The number of fused-ring (bicyclic) bond motifs is 1. The first-order valence-corrected chi connectivity index (χ1v) is 12.1. The second-order valence-electron chi connectivity index (χ2n) is 8.33. The lowest BCUT2D eigenvalue weighted by Gasteiger charge is -2.01. The molecule has 0 unspecified atom stereocenters. The Bertz CT molecular complexity index is 1850. The van der Waals surface area contributed by atoms with Gasteiger partial charge < -0.3 is 4.42 Å². The second kappa shape index (κ2) is 8.86. The van der Waals surface area contributed by atoms with Gasteiger partial charge in [0.25, 0.3) is 11.1 Å². The fourth-order valence-corrected chi connectivity index (χ4v) is 4.80. The summed E-state index contributed by atoms with van der Waals surface area (Å²) in [6, 6.07) is 21.1. The maximum atomic E-state index is 13.3. The minimum Gasteiger partial charge on any atom is -0.463 e. The van der Waals surface area contributed by atoms with Crippen LogP contribution in [0.15, 0.2) is 93.2 Å². The highest BCUT2D eigenvalue weighted by molar-refractivity contribution is 7.15. The minimum absolute atomic E-state index is 0.228. The van der Waals surface area contributed by atoms with Crippen molar-refractivity contribution in [3.05, 3.63) is 127 Å². The normalized spacial score (nSPS) is 12.0. The van der Waals surface area contributed by atoms with Crippen LogP contribution in [0.3, 0.4) is 0 Å². The van der Waals surface area contributed by atoms with Gasteiger partial charge >= 0.3 is 0 Å². The van der Waals surface area contributed by atoms with E-state index < -0.39 is 5.56 Å². The lowest BCUT2D eigenvalue weighted by molar-refractivity contribution is 0.579. The molecule has 0 atom stereocenters. The molecule has 176 valence electrons. The summed E-state index contributed by atoms with van der Waals surface area (Å²) in [5, 5.41) is 9.05. The van der Waals surface area contributed by atoms with E-state index in [1.807, 2.05) is 73.8 Å². The summed E-state index contributed by atoms with van der Waals surface area (Å²) in [6.07, 6.45) is 5.45. The summed E-state index contributed by atoms with van der Waals surface area (Å²) in [5.74, 6) is 0.579. The van der Waals surface area contributed by atoms with Crippen molar-refractivity contribution in [2.24, 2.45) is 0 Å². The number of hydrogen-bond acceptors (Lipinski definition) is 7. The van der Waals surface area contributed by atoms with Gasteiger partial charge in [-0.2, -0.15) is 19.7 Å². The lowest BCUT2D eigenvalue weighted by Crippen LogP contribution is -2.28. The van der Waals surface area contributed by atoms with Crippen LogP contribution >= 0.6 is 11.3 Å². The Morgan fingerprint density at radius 1 is 0.972 bits per heavy atom. The van der Waals surface area contributed by atoms with Crippen LogP contribution in [0.4, 0.5) is 0 Å². The maximum absolute atomic E-state index is 13.3. The molecule has 0 aliphatic carbocycles. The van der Waals surface area contributed by atoms with Crippen LogP contribution in [-0.2, 0) is 6.42 Å². The van der Waals surface area contributed by atoms with Crippen LogP contribution < -0.4 is 15.7 Å². The smallest absolute Gasteiger partial charge is 0.296 e. The van der Waals surface area contributed by atoms with Crippen LogP contribution in [0.2, 0.25) is 0 Å². The van der Waals surface area contributed by atoms with Gasteiger partial charge in [-0.3, -0.25) is 9.59 Å². The molecule has 0 saturated heterocycles. The number of nitrogens with zero attached hydrogens (tertiary/aromatic N) is 5.